The predicted octanol–water partition coefficient (Wildman–Crippen LogP) is 2.43. The van der Waals surface area contributed by atoms with Crippen molar-refractivity contribution in [1.29, 1.82) is 0 Å². The topological polar surface area (TPSA) is 85.6 Å². The quantitative estimate of drug-likeness (QED) is 0.572. The van der Waals surface area contributed by atoms with Crippen molar-refractivity contribution in [1.82, 2.24) is 19.5 Å². The lowest BCUT2D eigenvalue weighted by Crippen LogP contribution is -2.40. The molecule has 2 aromatic heterocycles. The molecule has 1 aromatic carbocycles. The largest absolute Gasteiger partial charge is 0.461 e. The fraction of sp³-hybridized carbons (Fsp3) is 0.440. The lowest BCUT2D eigenvalue weighted by molar-refractivity contribution is 0.122. The Morgan fingerprint density at radius 3 is 2.38 bits per heavy atom. The minimum atomic E-state index is -0.174. The van der Waals surface area contributed by atoms with Crippen molar-refractivity contribution in [3.8, 4) is 17.4 Å². The second-order valence-corrected chi connectivity index (χ2v) is 8.74. The number of anilines is 2. The molecule has 3 aromatic rings. The highest BCUT2D eigenvalue weighted by Gasteiger charge is 2.25. The molecule has 9 heteroatoms. The minimum Gasteiger partial charge on any atom is -0.461 e. The summed E-state index contributed by atoms with van der Waals surface area (Å²) >= 11 is 0. The van der Waals surface area contributed by atoms with E-state index >= 15 is 0 Å². The van der Waals surface area contributed by atoms with E-state index in [-0.39, 0.29) is 11.7 Å². The maximum Gasteiger partial charge on any atom is 0.299 e. The van der Waals surface area contributed by atoms with E-state index in [0.29, 0.717) is 17.4 Å². The van der Waals surface area contributed by atoms with Crippen LogP contribution in [0, 0.1) is 6.92 Å². The molecule has 0 saturated carbocycles. The van der Waals surface area contributed by atoms with E-state index < -0.39 is 0 Å². The van der Waals surface area contributed by atoms with E-state index in [0.717, 1.165) is 52.2 Å². The van der Waals surface area contributed by atoms with Crippen LogP contribution in [-0.2, 0) is 11.8 Å². The number of piperidine rings is 1. The standard InChI is InChI=1S/C25H30N6O3/c1-18-22(4-3-5-23(18)31-12-14-33-15-13-31)30-10-7-19(8-11-30)34-25-28-21(16-24(32)29(25)2)20-6-9-26-17-27-20/h3-6,9,16-17,19H,7-8,10-15H2,1-2H3. The Morgan fingerprint density at radius 2 is 1.71 bits per heavy atom. The average Bonchev–Trinajstić information content (AvgIpc) is 2.88. The van der Waals surface area contributed by atoms with Gasteiger partial charge in [0.2, 0.25) is 0 Å². The van der Waals surface area contributed by atoms with Crippen LogP contribution in [0.3, 0.4) is 0 Å². The minimum absolute atomic E-state index is 0.00210. The highest BCUT2D eigenvalue weighted by molar-refractivity contribution is 5.67. The number of nitrogens with zero attached hydrogens (tertiary/aromatic N) is 6. The first kappa shape index (κ1) is 22.3. The number of morpholine rings is 1. The van der Waals surface area contributed by atoms with Gasteiger partial charge in [0.15, 0.2) is 0 Å². The van der Waals surface area contributed by atoms with E-state index in [1.165, 1.54) is 33.9 Å². The number of hydrogen-bond acceptors (Lipinski definition) is 8. The van der Waals surface area contributed by atoms with Crippen molar-refractivity contribution in [3.63, 3.8) is 0 Å². The summed E-state index contributed by atoms with van der Waals surface area (Å²) in [5, 5.41) is 0. The van der Waals surface area contributed by atoms with Crippen LogP contribution >= 0.6 is 0 Å². The van der Waals surface area contributed by atoms with E-state index in [2.05, 4.69) is 49.9 Å². The molecular weight excluding hydrogens is 432 g/mol. The van der Waals surface area contributed by atoms with Crippen LogP contribution in [0.15, 0.2) is 47.7 Å². The normalized spacial score (nSPS) is 17.1. The first-order chi connectivity index (χ1) is 16.6. The SMILES string of the molecule is Cc1c(N2CCOCC2)cccc1N1CCC(Oc2nc(-c3ccncn3)cc(=O)n2C)CC1. The number of rotatable bonds is 5. The summed E-state index contributed by atoms with van der Waals surface area (Å²) in [6.07, 6.45) is 4.79. The third-order valence-electron chi connectivity index (χ3n) is 6.62. The molecule has 2 aliphatic heterocycles. The summed E-state index contributed by atoms with van der Waals surface area (Å²) < 4.78 is 13.2. The van der Waals surface area contributed by atoms with Crippen LogP contribution < -0.4 is 20.1 Å². The predicted molar refractivity (Wildman–Crippen MR) is 131 cm³/mol. The Kier molecular flexibility index (Phi) is 6.44. The van der Waals surface area contributed by atoms with Crippen molar-refractivity contribution in [2.24, 2.45) is 7.05 Å². The smallest absolute Gasteiger partial charge is 0.299 e. The first-order valence-electron chi connectivity index (χ1n) is 11.8. The van der Waals surface area contributed by atoms with Gasteiger partial charge in [-0.1, -0.05) is 6.07 Å². The maximum atomic E-state index is 12.5. The third kappa shape index (κ3) is 4.61. The second kappa shape index (κ2) is 9.80. The van der Waals surface area contributed by atoms with Gasteiger partial charge < -0.3 is 19.3 Å². The van der Waals surface area contributed by atoms with Gasteiger partial charge in [0, 0.05) is 69.7 Å². The Balaban J connectivity index is 1.28. The molecule has 2 saturated heterocycles. The van der Waals surface area contributed by atoms with Gasteiger partial charge in [-0.25, -0.2) is 9.97 Å². The van der Waals surface area contributed by atoms with E-state index in [4.69, 9.17) is 9.47 Å². The van der Waals surface area contributed by atoms with Gasteiger partial charge in [-0.2, -0.15) is 4.98 Å². The average molecular weight is 463 g/mol. The highest BCUT2D eigenvalue weighted by atomic mass is 16.5. The summed E-state index contributed by atoms with van der Waals surface area (Å²) in [5.74, 6) is 0. The van der Waals surface area contributed by atoms with Crippen molar-refractivity contribution >= 4 is 11.4 Å². The summed E-state index contributed by atoms with van der Waals surface area (Å²) in [5.41, 5.74) is 4.80. The lowest BCUT2D eigenvalue weighted by Gasteiger charge is -2.36. The lowest BCUT2D eigenvalue weighted by atomic mass is 10.0. The van der Waals surface area contributed by atoms with E-state index in [1.54, 1.807) is 19.3 Å². The number of ether oxygens (including phenoxy) is 2. The monoisotopic (exact) mass is 462 g/mol. The molecule has 0 N–H and O–H groups in total. The fourth-order valence-electron chi connectivity index (χ4n) is 4.66. The molecule has 0 unspecified atom stereocenters. The molecule has 5 rings (SSSR count). The van der Waals surface area contributed by atoms with Gasteiger partial charge in [0.1, 0.15) is 12.4 Å². The summed E-state index contributed by atoms with van der Waals surface area (Å²) in [6, 6.07) is 10.1. The van der Waals surface area contributed by atoms with Crippen molar-refractivity contribution < 1.29 is 9.47 Å². The van der Waals surface area contributed by atoms with E-state index in [1.807, 2.05) is 0 Å². The number of aromatic nitrogens is 4. The van der Waals surface area contributed by atoms with Crippen LogP contribution in [0.5, 0.6) is 6.01 Å². The Bertz CT molecular complexity index is 1190. The van der Waals surface area contributed by atoms with Crippen LogP contribution in [0.2, 0.25) is 0 Å². The van der Waals surface area contributed by atoms with Gasteiger partial charge in [-0.15, -0.1) is 0 Å². The molecule has 2 aliphatic rings. The van der Waals surface area contributed by atoms with Crippen molar-refractivity contribution in [2.45, 2.75) is 25.9 Å². The Labute approximate surface area is 199 Å². The van der Waals surface area contributed by atoms with Gasteiger partial charge in [0.05, 0.1) is 24.6 Å². The molecular formula is C25H30N6O3. The summed E-state index contributed by atoms with van der Waals surface area (Å²) in [4.78, 5) is 30.0. The Hall–Kier alpha value is -3.46. The van der Waals surface area contributed by atoms with Gasteiger partial charge in [0.25, 0.3) is 11.6 Å². The zero-order valence-corrected chi connectivity index (χ0v) is 19.7. The maximum absolute atomic E-state index is 12.5. The van der Waals surface area contributed by atoms with Crippen LogP contribution in [0.25, 0.3) is 11.4 Å². The van der Waals surface area contributed by atoms with Crippen LogP contribution in [0.4, 0.5) is 11.4 Å². The van der Waals surface area contributed by atoms with Crippen LogP contribution in [-0.4, -0.2) is 65.0 Å². The van der Waals surface area contributed by atoms with Gasteiger partial charge in [-0.3, -0.25) is 9.36 Å². The van der Waals surface area contributed by atoms with Gasteiger partial charge >= 0.3 is 0 Å². The summed E-state index contributed by atoms with van der Waals surface area (Å²) in [6.45, 7) is 7.40. The molecule has 0 aliphatic carbocycles. The molecule has 0 atom stereocenters. The molecule has 4 heterocycles. The molecule has 0 bridgehead atoms. The zero-order chi connectivity index (χ0) is 23.5. The third-order valence-corrected chi connectivity index (χ3v) is 6.62. The molecule has 34 heavy (non-hydrogen) atoms. The van der Waals surface area contributed by atoms with Crippen molar-refractivity contribution in [3.05, 3.63) is 58.8 Å². The van der Waals surface area contributed by atoms with Crippen LogP contribution in [0.1, 0.15) is 18.4 Å². The molecule has 0 amide bonds. The molecule has 9 nitrogen and oxygen atoms in total. The number of benzene rings is 1. The Morgan fingerprint density at radius 1 is 1.00 bits per heavy atom. The second-order valence-electron chi connectivity index (χ2n) is 8.74. The fourth-order valence-corrected chi connectivity index (χ4v) is 4.66. The van der Waals surface area contributed by atoms with Crippen molar-refractivity contribution in [2.75, 3.05) is 49.2 Å². The molecule has 2 fully saturated rings. The molecule has 0 spiro atoms. The zero-order valence-electron chi connectivity index (χ0n) is 19.7. The van der Waals surface area contributed by atoms with E-state index in [9.17, 15) is 4.79 Å². The van der Waals surface area contributed by atoms with Gasteiger partial charge in [-0.05, 0) is 30.7 Å². The number of hydrogen-bond donors (Lipinski definition) is 0. The molecule has 0 radical (unpaired) electrons. The highest BCUT2D eigenvalue weighted by Crippen LogP contribution is 2.32. The molecule has 178 valence electrons. The first-order valence-corrected chi connectivity index (χ1v) is 11.8. The summed E-state index contributed by atoms with van der Waals surface area (Å²) in [7, 11) is 1.68.